The molecule has 0 bridgehead atoms. The van der Waals surface area contributed by atoms with Crippen molar-refractivity contribution < 1.29 is 0 Å². The van der Waals surface area contributed by atoms with Crippen molar-refractivity contribution in [3.05, 3.63) is 0 Å². The highest BCUT2D eigenvalue weighted by atomic mass is 32.2. The molecule has 1 saturated heterocycles. The van der Waals surface area contributed by atoms with Crippen molar-refractivity contribution in [3.63, 3.8) is 0 Å². The standard InChI is InChI=1S/C11H23NS2/c1-2-3-7-12-10-13-8-5-4-6-9-14-11-12/h2-11H2,1H3. The zero-order chi connectivity index (χ0) is 10.1. The summed E-state index contributed by atoms with van der Waals surface area (Å²) in [5.41, 5.74) is 0. The Labute approximate surface area is 97.4 Å². The normalized spacial score (nSPS) is 22.1. The van der Waals surface area contributed by atoms with Gasteiger partial charge in [0, 0.05) is 11.8 Å². The Morgan fingerprint density at radius 1 is 1.00 bits per heavy atom. The SMILES string of the molecule is CCCCN1CSCCCCCSC1. The van der Waals surface area contributed by atoms with Crippen LogP contribution in [0.3, 0.4) is 0 Å². The van der Waals surface area contributed by atoms with E-state index in [1.807, 2.05) is 0 Å². The van der Waals surface area contributed by atoms with Crippen LogP contribution in [-0.4, -0.2) is 34.7 Å². The van der Waals surface area contributed by atoms with Crippen LogP contribution in [0.15, 0.2) is 0 Å². The second kappa shape index (κ2) is 8.93. The maximum absolute atomic E-state index is 2.62. The van der Waals surface area contributed by atoms with Crippen LogP contribution in [-0.2, 0) is 0 Å². The van der Waals surface area contributed by atoms with E-state index in [0.29, 0.717) is 0 Å². The molecular weight excluding hydrogens is 210 g/mol. The maximum atomic E-state index is 2.62. The van der Waals surface area contributed by atoms with Gasteiger partial charge in [0.1, 0.15) is 0 Å². The zero-order valence-electron chi connectivity index (χ0n) is 9.33. The molecule has 3 heteroatoms. The lowest BCUT2D eigenvalue weighted by Crippen LogP contribution is -2.24. The first-order valence-corrected chi connectivity index (χ1v) is 8.12. The summed E-state index contributed by atoms with van der Waals surface area (Å²) in [6, 6.07) is 0. The lowest BCUT2D eigenvalue weighted by atomic mass is 10.3. The summed E-state index contributed by atoms with van der Waals surface area (Å²) in [4.78, 5) is 2.62. The molecule has 0 N–H and O–H groups in total. The summed E-state index contributed by atoms with van der Waals surface area (Å²) < 4.78 is 0. The third-order valence-corrected chi connectivity index (χ3v) is 4.70. The molecule has 0 saturated carbocycles. The minimum absolute atomic E-state index is 1.26. The third kappa shape index (κ3) is 6.20. The van der Waals surface area contributed by atoms with Crippen LogP contribution < -0.4 is 0 Å². The molecule has 1 heterocycles. The molecule has 0 aliphatic carbocycles. The zero-order valence-corrected chi connectivity index (χ0v) is 11.0. The van der Waals surface area contributed by atoms with E-state index in [1.54, 1.807) is 0 Å². The Bertz CT molecular complexity index is 120. The fraction of sp³-hybridized carbons (Fsp3) is 1.00. The van der Waals surface area contributed by atoms with Crippen molar-refractivity contribution in [2.45, 2.75) is 39.0 Å². The van der Waals surface area contributed by atoms with Gasteiger partial charge in [-0.2, -0.15) is 0 Å². The summed E-state index contributed by atoms with van der Waals surface area (Å²) in [5, 5.41) is 0. The molecule has 1 fully saturated rings. The van der Waals surface area contributed by atoms with Crippen molar-refractivity contribution in [2.75, 3.05) is 29.8 Å². The first-order valence-electron chi connectivity index (χ1n) is 5.81. The van der Waals surface area contributed by atoms with Gasteiger partial charge in [0.05, 0.1) is 0 Å². The predicted molar refractivity (Wildman–Crippen MR) is 70.1 cm³/mol. The van der Waals surface area contributed by atoms with Gasteiger partial charge in [0.2, 0.25) is 0 Å². The van der Waals surface area contributed by atoms with E-state index in [9.17, 15) is 0 Å². The van der Waals surface area contributed by atoms with Gasteiger partial charge in [-0.15, -0.1) is 23.5 Å². The van der Waals surface area contributed by atoms with Gasteiger partial charge in [-0.3, -0.25) is 4.90 Å². The topological polar surface area (TPSA) is 3.24 Å². The highest BCUT2D eigenvalue weighted by Gasteiger charge is 2.05. The van der Waals surface area contributed by atoms with Crippen LogP contribution in [0.2, 0.25) is 0 Å². The Morgan fingerprint density at radius 2 is 1.64 bits per heavy atom. The molecule has 1 nitrogen and oxygen atoms in total. The first kappa shape index (κ1) is 12.7. The highest BCUT2D eigenvalue weighted by molar-refractivity contribution is 8.00. The van der Waals surface area contributed by atoms with Crippen molar-refractivity contribution >= 4 is 23.5 Å². The predicted octanol–water partition coefficient (Wildman–Crippen LogP) is 3.65. The third-order valence-electron chi connectivity index (χ3n) is 2.45. The van der Waals surface area contributed by atoms with E-state index in [0.717, 1.165) is 0 Å². The average molecular weight is 233 g/mol. The van der Waals surface area contributed by atoms with Crippen LogP contribution in [0.25, 0.3) is 0 Å². The van der Waals surface area contributed by atoms with E-state index >= 15 is 0 Å². The number of unbranched alkanes of at least 4 members (excludes halogenated alkanes) is 1. The van der Waals surface area contributed by atoms with E-state index < -0.39 is 0 Å². The summed E-state index contributed by atoms with van der Waals surface area (Å²) in [5.74, 6) is 5.25. The van der Waals surface area contributed by atoms with Gasteiger partial charge in [-0.25, -0.2) is 0 Å². The van der Waals surface area contributed by atoms with Crippen molar-refractivity contribution in [1.29, 1.82) is 0 Å². The summed E-state index contributed by atoms with van der Waals surface area (Å²) in [6.45, 7) is 3.58. The maximum Gasteiger partial charge on any atom is 0.0452 e. The number of hydrogen-bond donors (Lipinski definition) is 0. The Balaban J connectivity index is 2.16. The number of hydrogen-bond acceptors (Lipinski definition) is 3. The number of nitrogens with zero attached hydrogens (tertiary/aromatic N) is 1. The molecule has 0 aromatic rings. The van der Waals surface area contributed by atoms with Gasteiger partial charge in [-0.05, 0) is 37.3 Å². The van der Waals surface area contributed by atoms with Gasteiger partial charge >= 0.3 is 0 Å². The number of thioether (sulfide) groups is 2. The van der Waals surface area contributed by atoms with E-state index in [4.69, 9.17) is 0 Å². The summed E-state index contributed by atoms with van der Waals surface area (Å²) in [7, 11) is 0. The minimum Gasteiger partial charge on any atom is -0.285 e. The van der Waals surface area contributed by atoms with Gasteiger partial charge in [-0.1, -0.05) is 19.8 Å². The van der Waals surface area contributed by atoms with E-state index in [2.05, 4.69) is 35.3 Å². The average Bonchev–Trinajstić information content (AvgIpc) is 2.23. The Morgan fingerprint density at radius 3 is 2.21 bits per heavy atom. The van der Waals surface area contributed by atoms with Crippen LogP contribution in [0.4, 0.5) is 0 Å². The highest BCUT2D eigenvalue weighted by Crippen LogP contribution is 2.16. The fourth-order valence-electron chi connectivity index (χ4n) is 1.52. The second-order valence-corrected chi connectivity index (χ2v) is 6.03. The van der Waals surface area contributed by atoms with E-state index in [1.165, 1.54) is 61.9 Å². The van der Waals surface area contributed by atoms with E-state index in [-0.39, 0.29) is 0 Å². The number of rotatable bonds is 3. The molecule has 0 unspecified atom stereocenters. The monoisotopic (exact) mass is 233 g/mol. The molecule has 1 aliphatic rings. The van der Waals surface area contributed by atoms with Crippen LogP contribution in [0.5, 0.6) is 0 Å². The molecule has 1 rings (SSSR count). The molecule has 14 heavy (non-hydrogen) atoms. The molecular formula is C11H23NS2. The largest absolute Gasteiger partial charge is 0.285 e. The molecule has 0 amide bonds. The lowest BCUT2D eigenvalue weighted by molar-refractivity contribution is 0.368. The van der Waals surface area contributed by atoms with Gasteiger partial charge in [0.25, 0.3) is 0 Å². The smallest absolute Gasteiger partial charge is 0.0452 e. The molecule has 84 valence electrons. The summed E-state index contributed by atoms with van der Waals surface area (Å²) >= 11 is 4.25. The molecule has 0 aromatic heterocycles. The quantitative estimate of drug-likeness (QED) is 0.732. The van der Waals surface area contributed by atoms with Crippen LogP contribution in [0.1, 0.15) is 39.0 Å². The molecule has 0 atom stereocenters. The van der Waals surface area contributed by atoms with Gasteiger partial charge < -0.3 is 0 Å². The first-order chi connectivity index (χ1) is 6.93. The molecule has 0 spiro atoms. The van der Waals surface area contributed by atoms with Crippen molar-refractivity contribution in [1.82, 2.24) is 4.90 Å². The van der Waals surface area contributed by atoms with Crippen molar-refractivity contribution in [3.8, 4) is 0 Å². The molecule has 0 radical (unpaired) electrons. The fourth-order valence-corrected chi connectivity index (χ4v) is 3.67. The van der Waals surface area contributed by atoms with Gasteiger partial charge in [0.15, 0.2) is 0 Å². The Hall–Kier alpha value is 0.660. The van der Waals surface area contributed by atoms with Crippen LogP contribution in [0, 0.1) is 0 Å². The minimum atomic E-state index is 1.26. The second-order valence-electron chi connectivity index (χ2n) is 3.88. The molecule has 0 aromatic carbocycles. The van der Waals surface area contributed by atoms with Crippen LogP contribution >= 0.6 is 23.5 Å². The molecule has 1 aliphatic heterocycles. The Kier molecular flexibility index (Phi) is 8.12. The van der Waals surface area contributed by atoms with Crippen molar-refractivity contribution in [2.24, 2.45) is 0 Å². The summed E-state index contributed by atoms with van der Waals surface area (Å²) in [6.07, 6.45) is 6.97. The lowest BCUT2D eigenvalue weighted by Gasteiger charge is -2.22.